The van der Waals surface area contributed by atoms with Crippen molar-refractivity contribution in [2.24, 2.45) is 0 Å². The monoisotopic (exact) mass is 313 g/mol. The molecule has 112 valence electrons. The minimum absolute atomic E-state index is 0. The van der Waals surface area contributed by atoms with Gasteiger partial charge in [0, 0.05) is 12.3 Å². The van der Waals surface area contributed by atoms with Gasteiger partial charge in [0.25, 0.3) is 0 Å². The fourth-order valence-electron chi connectivity index (χ4n) is 2.44. The molecule has 0 heterocycles. The molecule has 20 heavy (non-hydrogen) atoms. The first-order chi connectivity index (χ1) is 9.23. The summed E-state index contributed by atoms with van der Waals surface area (Å²) < 4.78 is 0. The lowest BCUT2D eigenvalue weighted by molar-refractivity contribution is -0.113. The highest BCUT2D eigenvalue weighted by molar-refractivity contribution is 8.13. The highest BCUT2D eigenvalue weighted by atomic mass is 35.5. The van der Waals surface area contributed by atoms with E-state index in [1.54, 1.807) is 0 Å². The van der Waals surface area contributed by atoms with Crippen molar-refractivity contribution >= 4 is 29.3 Å². The zero-order valence-corrected chi connectivity index (χ0v) is 13.9. The Morgan fingerprint density at radius 3 is 2.30 bits per heavy atom. The normalized spacial score (nSPS) is 15.8. The SMILES string of the molecule is CCN(CC)CCSC(=O)C1(c2ccccc2)CC1.Cl. The summed E-state index contributed by atoms with van der Waals surface area (Å²) in [5.74, 6) is 0.912. The first-order valence-corrected chi connectivity index (χ1v) is 8.16. The van der Waals surface area contributed by atoms with E-state index >= 15 is 0 Å². The van der Waals surface area contributed by atoms with Crippen LogP contribution in [0.5, 0.6) is 0 Å². The van der Waals surface area contributed by atoms with Gasteiger partial charge in [-0.15, -0.1) is 12.4 Å². The van der Waals surface area contributed by atoms with Crippen LogP contribution >= 0.6 is 24.2 Å². The second-order valence-electron chi connectivity index (χ2n) is 5.11. The zero-order chi connectivity index (χ0) is 13.7. The van der Waals surface area contributed by atoms with E-state index < -0.39 is 0 Å². The average molecular weight is 314 g/mol. The van der Waals surface area contributed by atoms with Crippen molar-refractivity contribution in [3.05, 3.63) is 35.9 Å². The van der Waals surface area contributed by atoms with Crippen LogP contribution in [0.4, 0.5) is 0 Å². The summed E-state index contributed by atoms with van der Waals surface area (Å²) in [7, 11) is 0. The minimum atomic E-state index is -0.158. The van der Waals surface area contributed by atoms with Gasteiger partial charge in [0.1, 0.15) is 0 Å². The lowest BCUT2D eigenvalue weighted by atomic mass is 9.98. The number of nitrogens with zero attached hydrogens (tertiary/aromatic N) is 1. The molecule has 2 nitrogen and oxygen atoms in total. The molecule has 0 N–H and O–H groups in total. The summed E-state index contributed by atoms with van der Waals surface area (Å²) in [6.07, 6.45) is 2.04. The molecule has 1 aromatic carbocycles. The Hall–Kier alpha value is -0.510. The summed E-state index contributed by atoms with van der Waals surface area (Å²) in [4.78, 5) is 14.8. The number of carbonyl (C=O) groups excluding carboxylic acids is 1. The van der Waals surface area contributed by atoms with E-state index in [-0.39, 0.29) is 17.8 Å². The Labute approximate surface area is 132 Å². The molecule has 0 bridgehead atoms. The van der Waals surface area contributed by atoms with Gasteiger partial charge >= 0.3 is 0 Å². The van der Waals surface area contributed by atoms with Gasteiger partial charge in [0.2, 0.25) is 0 Å². The molecule has 0 radical (unpaired) electrons. The predicted octanol–water partition coefficient (Wildman–Crippen LogP) is 3.74. The van der Waals surface area contributed by atoms with Crippen LogP contribution in [-0.4, -0.2) is 35.4 Å². The van der Waals surface area contributed by atoms with Gasteiger partial charge in [0.15, 0.2) is 5.12 Å². The van der Waals surface area contributed by atoms with Crippen LogP contribution in [0.15, 0.2) is 30.3 Å². The number of rotatable bonds is 7. The molecule has 1 aliphatic carbocycles. The average Bonchev–Trinajstić information content (AvgIpc) is 3.26. The number of halogens is 1. The molecule has 0 saturated heterocycles. The van der Waals surface area contributed by atoms with Crippen LogP contribution in [0.1, 0.15) is 32.3 Å². The third-order valence-corrected chi connectivity index (χ3v) is 5.04. The van der Waals surface area contributed by atoms with Crippen LogP contribution in [0.3, 0.4) is 0 Å². The number of benzene rings is 1. The maximum Gasteiger partial charge on any atom is 0.199 e. The lowest BCUT2D eigenvalue weighted by Crippen LogP contribution is -2.26. The van der Waals surface area contributed by atoms with Gasteiger partial charge in [0.05, 0.1) is 5.41 Å². The molecule has 0 unspecified atom stereocenters. The van der Waals surface area contributed by atoms with Gasteiger partial charge < -0.3 is 4.90 Å². The van der Waals surface area contributed by atoms with E-state index in [4.69, 9.17) is 0 Å². The topological polar surface area (TPSA) is 20.3 Å². The van der Waals surface area contributed by atoms with Crippen LogP contribution in [0.25, 0.3) is 0 Å². The Balaban J connectivity index is 0.00000200. The van der Waals surface area contributed by atoms with Gasteiger partial charge in [-0.25, -0.2) is 0 Å². The van der Waals surface area contributed by atoms with Crippen LogP contribution < -0.4 is 0 Å². The molecule has 0 atom stereocenters. The number of hydrogen-bond acceptors (Lipinski definition) is 3. The Bertz CT molecular complexity index is 416. The maximum atomic E-state index is 12.4. The van der Waals surface area contributed by atoms with Gasteiger partial charge in [-0.05, 0) is 31.5 Å². The molecular weight excluding hydrogens is 290 g/mol. The van der Waals surface area contributed by atoms with E-state index in [0.29, 0.717) is 5.12 Å². The summed E-state index contributed by atoms with van der Waals surface area (Å²) in [6.45, 7) is 7.48. The van der Waals surface area contributed by atoms with Crippen molar-refractivity contribution in [2.75, 3.05) is 25.4 Å². The Kier molecular flexibility index (Phi) is 7.07. The number of carbonyl (C=O) groups is 1. The van der Waals surface area contributed by atoms with Crippen LogP contribution in [0, 0.1) is 0 Å². The molecule has 1 aromatic rings. The molecule has 4 heteroatoms. The van der Waals surface area contributed by atoms with Crippen LogP contribution in [-0.2, 0) is 10.2 Å². The molecule has 0 amide bonds. The van der Waals surface area contributed by atoms with E-state index in [2.05, 4.69) is 30.9 Å². The minimum Gasteiger partial charge on any atom is -0.303 e. The van der Waals surface area contributed by atoms with Gasteiger partial charge in [-0.3, -0.25) is 4.79 Å². The second-order valence-corrected chi connectivity index (χ2v) is 6.18. The molecule has 1 aliphatic rings. The fraction of sp³-hybridized carbons (Fsp3) is 0.562. The highest BCUT2D eigenvalue weighted by Gasteiger charge is 2.50. The summed E-state index contributed by atoms with van der Waals surface area (Å²) >= 11 is 1.52. The van der Waals surface area contributed by atoms with Crippen molar-refractivity contribution in [3.63, 3.8) is 0 Å². The summed E-state index contributed by atoms with van der Waals surface area (Å²) in [6, 6.07) is 10.3. The smallest absolute Gasteiger partial charge is 0.199 e. The Morgan fingerprint density at radius 1 is 1.20 bits per heavy atom. The van der Waals surface area contributed by atoms with E-state index in [0.717, 1.165) is 38.2 Å². The highest BCUT2D eigenvalue weighted by Crippen LogP contribution is 2.51. The molecule has 0 aromatic heterocycles. The molecular formula is C16H24ClNOS. The van der Waals surface area contributed by atoms with Crippen molar-refractivity contribution in [2.45, 2.75) is 32.1 Å². The quantitative estimate of drug-likeness (QED) is 0.765. The zero-order valence-electron chi connectivity index (χ0n) is 12.3. The summed E-state index contributed by atoms with van der Waals surface area (Å²) in [5, 5.41) is 0.367. The predicted molar refractivity (Wildman–Crippen MR) is 89.9 cm³/mol. The number of hydrogen-bond donors (Lipinski definition) is 0. The maximum absolute atomic E-state index is 12.4. The fourth-order valence-corrected chi connectivity index (χ4v) is 3.57. The summed E-state index contributed by atoms with van der Waals surface area (Å²) in [5.41, 5.74) is 1.05. The third kappa shape index (κ3) is 4.00. The van der Waals surface area contributed by atoms with Gasteiger partial charge in [-0.1, -0.05) is 55.9 Å². The largest absolute Gasteiger partial charge is 0.303 e. The third-order valence-electron chi connectivity index (χ3n) is 4.00. The van der Waals surface area contributed by atoms with E-state index in [9.17, 15) is 4.79 Å². The molecule has 1 saturated carbocycles. The van der Waals surface area contributed by atoms with Crippen molar-refractivity contribution in [1.82, 2.24) is 4.90 Å². The van der Waals surface area contributed by atoms with Crippen molar-refractivity contribution < 1.29 is 4.79 Å². The molecule has 2 rings (SSSR count). The number of thioether (sulfide) groups is 1. The standard InChI is InChI=1S/C16H23NOS.ClH/c1-3-17(4-2)12-13-19-15(18)16(10-11-16)14-8-6-5-7-9-14;/h5-9H,3-4,10-13H2,1-2H3;1H. The van der Waals surface area contributed by atoms with E-state index in [1.807, 2.05) is 18.2 Å². The van der Waals surface area contributed by atoms with Gasteiger partial charge in [-0.2, -0.15) is 0 Å². The molecule has 0 aliphatic heterocycles. The first-order valence-electron chi connectivity index (χ1n) is 7.18. The molecule has 0 spiro atoms. The first kappa shape index (κ1) is 17.5. The van der Waals surface area contributed by atoms with Crippen molar-refractivity contribution in [1.29, 1.82) is 0 Å². The Morgan fingerprint density at radius 2 is 1.80 bits per heavy atom. The van der Waals surface area contributed by atoms with Crippen LogP contribution in [0.2, 0.25) is 0 Å². The molecule has 1 fully saturated rings. The van der Waals surface area contributed by atoms with E-state index in [1.165, 1.54) is 17.3 Å². The second kappa shape index (κ2) is 8.06. The van der Waals surface area contributed by atoms with Crippen molar-refractivity contribution in [3.8, 4) is 0 Å². The lowest BCUT2D eigenvalue weighted by Gasteiger charge is -2.18.